The van der Waals surface area contributed by atoms with Crippen LogP contribution in [0.1, 0.15) is 138 Å². The van der Waals surface area contributed by atoms with Gasteiger partial charge in [-0.25, -0.2) is 0 Å². The largest absolute Gasteiger partial charge is 0.271 e. The molecule has 2 rings (SSSR count). The van der Waals surface area contributed by atoms with Crippen LogP contribution in [0.3, 0.4) is 0 Å². The summed E-state index contributed by atoms with van der Waals surface area (Å²) in [5.41, 5.74) is 1.12. The lowest BCUT2D eigenvalue weighted by atomic mass is 9.98. The van der Waals surface area contributed by atoms with Crippen molar-refractivity contribution >= 4 is 55.0 Å². The van der Waals surface area contributed by atoms with Crippen LogP contribution in [0.15, 0.2) is 7.57 Å². The first kappa shape index (κ1) is 28.8. The van der Waals surface area contributed by atoms with Gasteiger partial charge in [0.2, 0.25) is 0 Å². The molecule has 31 heavy (non-hydrogen) atoms. The fourth-order valence-corrected chi connectivity index (χ4v) is 7.25. The average molecular weight is 579 g/mol. The Bertz CT molecular complexity index is 622. The minimum Gasteiger partial charge on any atom is -0.271 e. The Balaban J connectivity index is 0.00000233. The van der Waals surface area contributed by atoms with Crippen LogP contribution >= 0.6 is 43.2 Å². The lowest BCUT2D eigenvalue weighted by molar-refractivity contribution is 0.0562. The van der Waals surface area contributed by atoms with E-state index in [-0.39, 0.29) is 17.9 Å². The van der Waals surface area contributed by atoms with Crippen LogP contribution in [0.5, 0.6) is 0 Å². The number of hydrogen-bond donors (Lipinski definition) is 0. The highest BCUT2D eigenvalue weighted by atomic mass is 79.9. The number of rotatable bonds is 15. The summed E-state index contributed by atoms with van der Waals surface area (Å²) >= 11 is 8.37. The van der Waals surface area contributed by atoms with Gasteiger partial charge in [0, 0.05) is 6.04 Å². The van der Waals surface area contributed by atoms with Crippen molar-refractivity contribution in [1.82, 2.24) is 4.90 Å². The third-order valence-corrected chi connectivity index (χ3v) is 8.37. The first-order chi connectivity index (χ1) is 15.0. The van der Waals surface area contributed by atoms with E-state index in [0.717, 1.165) is 33.3 Å². The molecular weight excluding hydrogens is 538 g/mol. The number of imide groups is 1. The fraction of sp³-hybridized carbons (Fsp3) is 0.760. The second-order valence-electron chi connectivity index (χ2n) is 8.15. The van der Waals surface area contributed by atoms with Crippen LogP contribution in [-0.4, -0.2) is 22.8 Å². The molecule has 0 bridgehead atoms. The van der Waals surface area contributed by atoms with E-state index in [4.69, 9.17) is 0 Å². The zero-order valence-corrected chi connectivity index (χ0v) is 23.9. The zero-order valence-electron chi connectivity index (χ0n) is 19.9. The highest BCUT2D eigenvalue weighted by molar-refractivity contribution is 9.12. The first-order valence-electron chi connectivity index (χ1n) is 12.4. The average Bonchev–Trinajstić information content (AvgIpc) is 3.21. The number of unbranched alkanes of at least 4 members (excludes halogenated alkanes) is 10. The maximum absolute atomic E-state index is 13.1. The van der Waals surface area contributed by atoms with E-state index < -0.39 is 0 Å². The van der Waals surface area contributed by atoms with Gasteiger partial charge < -0.3 is 0 Å². The fourth-order valence-electron chi connectivity index (χ4n) is 4.15. The van der Waals surface area contributed by atoms with E-state index in [2.05, 4.69) is 45.7 Å². The van der Waals surface area contributed by atoms with Gasteiger partial charge in [0.25, 0.3) is 11.8 Å². The molecule has 0 aliphatic carbocycles. The number of thiophene rings is 1. The highest BCUT2D eigenvalue weighted by Gasteiger charge is 2.43. The lowest BCUT2D eigenvalue weighted by Gasteiger charge is -2.27. The highest BCUT2D eigenvalue weighted by Crippen LogP contribution is 2.43. The van der Waals surface area contributed by atoms with Crippen molar-refractivity contribution in [3.05, 3.63) is 18.7 Å². The number of amides is 2. The second kappa shape index (κ2) is 16.4. The summed E-state index contributed by atoms with van der Waals surface area (Å²) in [6.45, 7) is 8.46. The Labute approximate surface area is 211 Å². The SMILES string of the molecule is CC.CCCCCCCCC(CCCCCCCC)N1C(=O)c2c(Br)sc(Br)c2C1=O. The standard InChI is InChI=1S/C23H35Br2NO2S.C2H6/c1-3-5-7-9-11-13-15-17(16-14-12-10-8-6-4-2)26-22(27)18-19(23(26)28)21(25)29-20(18)24;1-2/h17H,3-16H2,1-2H3;1-2H3. The third-order valence-electron chi connectivity index (χ3n) is 5.83. The van der Waals surface area contributed by atoms with E-state index >= 15 is 0 Å². The number of hydrogen-bond acceptors (Lipinski definition) is 3. The summed E-state index contributed by atoms with van der Waals surface area (Å²) < 4.78 is 1.52. The van der Waals surface area contributed by atoms with Gasteiger partial charge in [0.05, 0.1) is 18.7 Å². The molecule has 3 nitrogen and oxygen atoms in total. The molecule has 0 saturated carbocycles. The van der Waals surface area contributed by atoms with Crippen molar-refractivity contribution in [3.8, 4) is 0 Å². The topological polar surface area (TPSA) is 37.4 Å². The summed E-state index contributed by atoms with van der Waals surface area (Å²) in [4.78, 5) is 27.8. The quantitative estimate of drug-likeness (QED) is 0.153. The van der Waals surface area contributed by atoms with Crippen LogP contribution in [-0.2, 0) is 0 Å². The maximum atomic E-state index is 13.1. The molecule has 1 aliphatic heterocycles. The molecule has 0 saturated heterocycles. The van der Waals surface area contributed by atoms with Crippen molar-refractivity contribution in [3.63, 3.8) is 0 Å². The number of fused-ring (bicyclic) bond motifs is 1. The third kappa shape index (κ3) is 8.58. The van der Waals surface area contributed by atoms with Gasteiger partial charge in [0.1, 0.15) is 0 Å². The molecule has 0 fully saturated rings. The van der Waals surface area contributed by atoms with Gasteiger partial charge in [-0.2, -0.15) is 0 Å². The Morgan fingerprint density at radius 3 is 1.42 bits per heavy atom. The molecule has 0 aromatic carbocycles. The number of nitrogens with zero attached hydrogens (tertiary/aromatic N) is 1. The normalized spacial score (nSPS) is 13.1. The molecule has 6 heteroatoms. The number of carbonyl (C=O) groups is 2. The first-order valence-corrected chi connectivity index (χ1v) is 14.8. The van der Waals surface area contributed by atoms with Gasteiger partial charge in [-0.1, -0.05) is 105 Å². The van der Waals surface area contributed by atoms with Crippen molar-refractivity contribution in [1.29, 1.82) is 0 Å². The Morgan fingerprint density at radius 2 is 1.03 bits per heavy atom. The van der Waals surface area contributed by atoms with Crippen LogP contribution < -0.4 is 0 Å². The monoisotopic (exact) mass is 577 g/mol. The second-order valence-corrected chi connectivity index (χ2v) is 11.8. The molecule has 2 heterocycles. The minimum absolute atomic E-state index is 0.0311. The molecule has 0 N–H and O–H groups in total. The molecule has 1 aromatic rings. The van der Waals surface area contributed by atoms with Crippen molar-refractivity contribution in [2.24, 2.45) is 0 Å². The molecule has 0 spiro atoms. The smallest absolute Gasteiger partial charge is 0.263 e. The van der Waals surface area contributed by atoms with Gasteiger partial charge in [-0.15, -0.1) is 11.3 Å². The molecule has 0 atom stereocenters. The van der Waals surface area contributed by atoms with Crippen LogP contribution in [0.2, 0.25) is 0 Å². The number of halogens is 2. The lowest BCUT2D eigenvalue weighted by Crippen LogP contribution is -2.40. The Morgan fingerprint density at radius 1 is 0.677 bits per heavy atom. The Hall–Kier alpha value is -0.200. The maximum Gasteiger partial charge on any atom is 0.263 e. The van der Waals surface area contributed by atoms with Gasteiger partial charge >= 0.3 is 0 Å². The summed E-state index contributed by atoms with van der Waals surface area (Å²) in [5, 5.41) is 0. The molecule has 1 aliphatic rings. The van der Waals surface area contributed by atoms with E-state index in [9.17, 15) is 9.59 Å². The summed E-state index contributed by atoms with van der Waals surface area (Å²) in [5.74, 6) is -0.221. The molecule has 178 valence electrons. The summed E-state index contributed by atoms with van der Waals surface area (Å²) in [6, 6.07) is 0.0311. The van der Waals surface area contributed by atoms with Gasteiger partial charge in [0.15, 0.2) is 0 Å². The summed E-state index contributed by atoms with van der Waals surface area (Å²) in [6.07, 6.45) is 16.6. The van der Waals surface area contributed by atoms with Gasteiger partial charge in [-0.05, 0) is 44.7 Å². The molecule has 1 aromatic heterocycles. The van der Waals surface area contributed by atoms with Crippen LogP contribution in [0.25, 0.3) is 0 Å². The van der Waals surface area contributed by atoms with Crippen molar-refractivity contribution < 1.29 is 9.59 Å². The summed E-state index contributed by atoms with van der Waals surface area (Å²) in [7, 11) is 0. The molecule has 0 unspecified atom stereocenters. The molecule has 0 radical (unpaired) electrons. The van der Waals surface area contributed by atoms with Gasteiger partial charge in [-0.3, -0.25) is 14.5 Å². The van der Waals surface area contributed by atoms with Crippen molar-refractivity contribution in [2.75, 3.05) is 0 Å². The van der Waals surface area contributed by atoms with E-state index in [1.165, 1.54) is 75.5 Å². The van der Waals surface area contributed by atoms with Crippen molar-refractivity contribution in [2.45, 2.75) is 124 Å². The van der Waals surface area contributed by atoms with Crippen LogP contribution in [0.4, 0.5) is 0 Å². The minimum atomic E-state index is -0.110. The van der Waals surface area contributed by atoms with E-state index in [1.807, 2.05) is 13.8 Å². The Kier molecular flexibility index (Phi) is 15.3. The van der Waals surface area contributed by atoms with E-state index in [1.54, 1.807) is 4.90 Å². The predicted octanol–water partition coefficient (Wildman–Crippen LogP) is 9.77. The van der Waals surface area contributed by atoms with E-state index in [0.29, 0.717) is 11.1 Å². The molecule has 2 amide bonds. The van der Waals surface area contributed by atoms with Crippen LogP contribution in [0, 0.1) is 0 Å². The zero-order chi connectivity index (χ0) is 23.2. The number of carbonyl (C=O) groups excluding carboxylic acids is 2. The predicted molar refractivity (Wildman–Crippen MR) is 141 cm³/mol. The molecular formula is C25H41Br2NO2S.